The third-order valence-electron chi connectivity index (χ3n) is 3.75. The molecule has 2 heterocycles. The van der Waals surface area contributed by atoms with Crippen molar-refractivity contribution >= 4 is 11.8 Å². The van der Waals surface area contributed by atoms with E-state index in [1.807, 2.05) is 35.5 Å². The highest BCUT2D eigenvalue weighted by atomic mass is 32.2. The lowest BCUT2D eigenvalue weighted by Crippen LogP contribution is -2.09. The maximum Gasteiger partial charge on any atom is 0.200 e. The number of thioether (sulfide) groups is 1. The van der Waals surface area contributed by atoms with Crippen molar-refractivity contribution in [2.24, 2.45) is 13.0 Å². The van der Waals surface area contributed by atoms with Gasteiger partial charge in [0, 0.05) is 12.8 Å². The van der Waals surface area contributed by atoms with E-state index in [0.29, 0.717) is 0 Å². The minimum Gasteiger partial charge on any atom is -0.461 e. The van der Waals surface area contributed by atoms with Gasteiger partial charge in [-0.15, -0.1) is 10.2 Å². The third kappa shape index (κ3) is 2.86. The van der Waals surface area contributed by atoms with Crippen LogP contribution in [0.3, 0.4) is 0 Å². The lowest BCUT2D eigenvalue weighted by atomic mass is 9.91. The summed E-state index contributed by atoms with van der Waals surface area (Å²) in [4.78, 5) is 0. The van der Waals surface area contributed by atoms with Crippen molar-refractivity contribution in [2.45, 2.75) is 37.3 Å². The molecule has 0 radical (unpaired) electrons. The van der Waals surface area contributed by atoms with Crippen LogP contribution in [0, 0.1) is 5.92 Å². The second-order valence-electron chi connectivity index (χ2n) is 5.16. The number of hydrogen-bond donors (Lipinski definition) is 0. The van der Waals surface area contributed by atoms with E-state index in [0.717, 1.165) is 28.4 Å². The Morgan fingerprint density at radius 2 is 2.16 bits per heavy atom. The lowest BCUT2D eigenvalue weighted by Gasteiger charge is -2.20. The molecule has 3 rings (SSSR count). The van der Waals surface area contributed by atoms with Crippen molar-refractivity contribution in [1.29, 1.82) is 0 Å². The molecule has 19 heavy (non-hydrogen) atoms. The van der Waals surface area contributed by atoms with Crippen LogP contribution in [0.25, 0.3) is 11.6 Å². The minimum absolute atomic E-state index is 0.777. The first kappa shape index (κ1) is 12.8. The maximum atomic E-state index is 5.38. The molecule has 4 nitrogen and oxygen atoms in total. The van der Waals surface area contributed by atoms with Crippen LogP contribution in [0.4, 0.5) is 0 Å². The molecule has 0 spiro atoms. The van der Waals surface area contributed by atoms with Crippen LogP contribution in [0.15, 0.2) is 28.0 Å². The molecule has 0 aliphatic heterocycles. The van der Waals surface area contributed by atoms with E-state index in [9.17, 15) is 0 Å². The molecule has 0 aromatic carbocycles. The molecule has 0 unspecified atom stereocenters. The summed E-state index contributed by atoms with van der Waals surface area (Å²) in [5, 5.41) is 9.48. The quantitative estimate of drug-likeness (QED) is 0.798. The Kier molecular flexibility index (Phi) is 3.92. The van der Waals surface area contributed by atoms with Crippen molar-refractivity contribution in [1.82, 2.24) is 14.8 Å². The molecule has 1 aliphatic rings. The van der Waals surface area contributed by atoms with Crippen LogP contribution in [0.5, 0.6) is 0 Å². The number of nitrogens with zero attached hydrogens (tertiary/aromatic N) is 3. The van der Waals surface area contributed by atoms with Gasteiger partial charge in [0.15, 0.2) is 16.7 Å². The SMILES string of the molecule is Cn1c(SCC2CCCCC2)nnc1-c1ccco1. The molecule has 0 N–H and O–H groups in total. The van der Waals surface area contributed by atoms with Crippen LogP contribution in [0.2, 0.25) is 0 Å². The van der Waals surface area contributed by atoms with Crippen molar-refractivity contribution in [3.05, 3.63) is 18.4 Å². The summed E-state index contributed by atoms with van der Waals surface area (Å²) in [5.74, 6) is 3.59. The van der Waals surface area contributed by atoms with E-state index in [2.05, 4.69) is 10.2 Å². The summed E-state index contributed by atoms with van der Waals surface area (Å²) in [7, 11) is 2.00. The van der Waals surface area contributed by atoms with Gasteiger partial charge >= 0.3 is 0 Å². The first-order chi connectivity index (χ1) is 9.34. The van der Waals surface area contributed by atoms with Gasteiger partial charge in [-0.05, 0) is 30.9 Å². The van der Waals surface area contributed by atoms with Gasteiger partial charge in [-0.3, -0.25) is 0 Å². The average molecular weight is 277 g/mol. The van der Waals surface area contributed by atoms with E-state index < -0.39 is 0 Å². The largest absolute Gasteiger partial charge is 0.461 e. The molecule has 2 aromatic rings. The van der Waals surface area contributed by atoms with Crippen molar-refractivity contribution < 1.29 is 4.42 Å². The summed E-state index contributed by atoms with van der Waals surface area (Å²) in [5.41, 5.74) is 0. The molecule has 1 fully saturated rings. The van der Waals surface area contributed by atoms with Crippen LogP contribution < -0.4 is 0 Å². The highest BCUT2D eigenvalue weighted by Gasteiger charge is 2.17. The van der Waals surface area contributed by atoms with Crippen LogP contribution in [-0.4, -0.2) is 20.5 Å². The Morgan fingerprint density at radius 1 is 1.32 bits per heavy atom. The van der Waals surface area contributed by atoms with E-state index in [1.54, 1.807) is 6.26 Å². The zero-order valence-corrected chi connectivity index (χ0v) is 12.0. The van der Waals surface area contributed by atoms with E-state index in [1.165, 1.54) is 32.1 Å². The minimum atomic E-state index is 0.777. The van der Waals surface area contributed by atoms with Gasteiger partial charge in [-0.25, -0.2) is 0 Å². The Balaban J connectivity index is 1.65. The second-order valence-corrected chi connectivity index (χ2v) is 6.14. The lowest BCUT2D eigenvalue weighted by molar-refractivity contribution is 0.390. The highest BCUT2D eigenvalue weighted by molar-refractivity contribution is 7.99. The van der Waals surface area contributed by atoms with E-state index in [4.69, 9.17) is 4.42 Å². The summed E-state index contributed by atoms with van der Waals surface area (Å²) in [6, 6.07) is 3.79. The first-order valence-corrected chi connectivity index (χ1v) is 7.89. The van der Waals surface area contributed by atoms with Crippen LogP contribution in [0.1, 0.15) is 32.1 Å². The standard InChI is InChI=1S/C14H19N3OS/c1-17-13(12-8-5-9-18-12)15-16-14(17)19-10-11-6-3-2-4-7-11/h5,8-9,11H,2-4,6-7,10H2,1H3. The van der Waals surface area contributed by atoms with E-state index >= 15 is 0 Å². The molecule has 5 heteroatoms. The van der Waals surface area contributed by atoms with Gasteiger partial charge in [0.2, 0.25) is 0 Å². The van der Waals surface area contributed by atoms with Crippen LogP contribution >= 0.6 is 11.8 Å². The topological polar surface area (TPSA) is 43.9 Å². The Bertz CT molecular complexity index is 515. The zero-order chi connectivity index (χ0) is 13.1. The normalized spacial score (nSPS) is 16.9. The average Bonchev–Trinajstić information content (AvgIpc) is 3.07. The van der Waals surface area contributed by atoms with Gasteiger partial charge in [0.1, 0.15) is 0 Å². The molecule has 1 saturated carbocycles. The summed E-state index contributed by atoms with van der Waals surface area (Å²) < 4.78 is 7.40. The van der Waals surface area contributed by atoms with Crippen molar-refractivity contribution in [2.75, 3.05) is 5.75 Å². The number of furan rings is 1. The van der Waals surface area contributed by atoms with Gasteiger partial charge in [-0.1, -0.05) is 31.0 Å². The smallest absolute Gasteiger partial charge is 0.200 e. The molecule has 0 atom stereocenters. The third-order valence-corrected chi connectivity index (χ3v) is 5.00. The summed E-state index contributed by atoms with van der Waals surface area (Å²) in [6.45, 7) is 0. The van der Waals surface area contributed by atoms with Gasteiger partial charge in [0.05, 0.1) is 6.26 Å². The van der Waals surface area contributed by atoms with Crippen molar-refractivity contribution in [3.63, 3.8) is 0 Å². The molecule has 2 aromatic heterocycles. The Morgan fingerprint density at radius 3 is 2.89 bits per heavy atom. The number of rotatable bonds is 4. The molecule has 0 bridgehead atoms. The molecular weight excluding hydrogens is 258 g/mol. The van der Waals surface area contributed by atoms with Gasteiger partial charge < -0.3 is 8.98 Å². The Hall–Kier alpha value is -1.23. The van der Waals surface area contributed by atoms with Gasteiger partial charge in [-0.2, -0.15) is 0 Å². The number of aromatic nitrogens is 3. The molecule has 0 amide bonds. The second kappa shape index (κ2) is 5.82. The first-order valence-electron chi connectivity index (χ1n) is 6.90. The van der Waals surface area contributed by atoms with Crippen LogP contribution in [-0.2, 0) is 7.05 Å². The summed E-state index contributed by atoms with van der Waals surface area (Å²) >= 11 is 1.82. The van der Waals surface area contributed by atoms with Crippen molar-refractivity contribution in [3.8, 4) is 11.6 Å². The number of hydrogen-bond acceptors (Lipinski definition) is 4. The summed E-state index contributed by atoms with van der Waals surface area (Å²) in [6.07, 6.45) is 8.60. The molecular formula is C14H19N3OS. The van der Waals surface area contributed by atoms with E-state index in [-0.39, 0.29) is 0 Å². The molecule has 102 valence electrons. The Labute approximate surface area is 117 Å². The fraction of sp³-hybridized carbons (Fsp3) is 0.571. The predicted octanol–water partition coefficient (Wildman–Crippen LogP) is 3.75. The molecule has 0 saturated heterocycles. The highest BCUT2D eigenvalue weighted by Crippen LogP contribution is 2.30. The fourth-order valence-corrected chi connectivity index (χ4v) is 3.70. The fourth-order valence-electron chi connectivity index (χ4n) is 2.61. The van der Waals surface area contributed by atoms with Gasteiger partial charge in [0.25, 0.3) is 0 Å². The zero-order valence-electron chi connectivity index (χ0n) is 11.2. The monoisotopic (exact) mass is 277 g/mol. The molecule has 1 aliphatic carbocycles. The maximum absolute atomic E-state index is 5.38. The predicted molar refractivity (Wildman–Crippen MR) is 76.0 cm³/mol.